The summed E-state index contributed by atoms with van der Waals surface area (Å²) in [6.45, 7) is 6.46. The fourth-order valence-corrected chi connectivity index (χ4v) is 2.29. The van der Waals surface area contributed by atoms with Crippen LogP contribution < -0.4 is 5.56 Å². The number of nitrogens with one attached hydrogen (secondary N) is 1. The Hall–Kier alpha value is -1.69. The van der Waals surface area contributed by atoms with E-state index in [2.05, 4.69) is 14.9 Å². The molecule has 0 saturated carbocycles. The summed E-state index contributed by atoms with van der Waals surface area (Å²) in [6, 6.07) is 0. The van der Waals surface area contributed by atoms with Crippen LogP contribution in [0.5, 0.6) is 0 Å². The number of hydrogen-bond donors (Lipinski definition) is 1. The Kier molecular flexibility index (Phi) is 4.68. The van der Waals surface area contributed by atoms with E-state index in [4.69, 9.17) is 0 Å². The van der Waals surface area contributed by atoms with Crippen LogP contribution in [-0.2, 0) is 0 Å². The molecule has 2 rings (SSSR count). The highest BCUT2D eigenvalue weighted by molar-refractivity contribution is 5.91. The van der Waals surface area contributed by atoms with E-state index < -0.39 is 0 Å². The zero-order valence-corrected chi connectivity index (χ0v) is 11.3. The predicted molar refractivity (Wildman–Crippen MR) is 72.1 cm³/mol. The van der Waals surface area contributed by atoms with Gasteiger partial charge < -0.3 is 14.8 Å². The molecule has 1 amide bonds. The van der Waals surface area contributed by atoms with E-state index in [1.54, 1.807) is 4.90 Å². The van der Waals surface area contributed by atoms with Crippen molar-refractivity contribution in [2.24, 2.45) is 0 Å². The first-order valence-electron chi connectivity index (χ1n) is 6.77. The summed E-state index contributed by atoms with van der Waals surface area (Å²) in [7, 11) is 0. The lowest BCUT2D eigenvalue weighted by atomic mass is 10.3. The molecule has 0 atom stereocenters. The molecule has 19 heavy (non-hydrogen) atoms. The molecule has 1 aliphatic rings. The number of likely N-dealkylation sites (N-methyl/N-ethyl adjacent to an activating group) is 1. The van der Waals surface area contributed by atoms with Crippen LogP contribution in [0.15, 0.2) is 17.2 Å². The lowest BCUT2D eigenvalue weighted by Gasteiger charge is -2.23. The number of aromatic nitrogens is 2. The number of rotatable bonds is 5. The van der Waals surface area contributed by atoms with Crippen LogP contribution >= 0.6 is 0 Å². The summed E-state index contributed by atoms with van der Waals surface area (Å²) in [4.78, 5) is 33.6. The molecular weight excluding hydrogens is 244 g/mol. The maximum atomic E-state index is 12.2. The fraction of sp³-hybridized carbons (Fsp3) is 0.615. The van der Waals surface area contributed by atoms with Crippen LogP contribution in [0.2, 0.25) is 0 Å². The number of aromatic amines is 1. The van der Waals surface area contributed by atoms with E-state index in [1.807, 2.05) is 6.92 Å². The third-order valence-corrected chi connectivity index (χ3v) is 3.44. The van der Waals surface area contributed by atoms with Gasteiger partial charge in [-0.2, -0.15) is 0 Å². The Labute approximate surface area is 112 Å². The number of hydrogen-bond acceptors (Lipinski definition) is 4. The van der Waals surface area contributed by atoms with Gasteiger partial charge in [-0.25, -0.2) is 4.98 Å². The summed E-state index contributed by atoms with van der Waals surface area (Å²) in [5, 5.41) is 0. The molecular formula is C13H20N4O2. The van der Waals surface area contributed by atoms with Crippen molar-refractivity contribution >= 4 is 5.91 Å². The highest BCUT2D eigenvalue weighted by Crippen LogP contribution is 2.07. The van der Waals surface area contributed by atoms with Gasteiger partial charge in [0.15, 0.2) is 0 Å². The lowest BCUT2D eigenvalue weighted by Crippen LogP contribution is -2.38. The third kappa shape index (κ3) is 3.64. The SMILES string of the molecule is CCN(CCN1CCCC1)C(=O)c1c[nH]c(=O)cn1. The molecule has 1 aromatic heterocycles. The van der Waals surface area contributed by atoms with Crippen molar-refractivity contribution in [3.05, 3.63) is 28.4 Å². The van der Waals surface area contributed by atoms with Gasteiger partial charge in [0.2, 0.25) is 0 Å². The minimum absolute atomic E-state index is 0.127. The summed E-state index contributed by atoms with van der Waals surface area (Å²) >= 11 is 0. The monoisotopic (exact) mass is 264 g/mol. The second-order valence-corrected chi connectivity index (χ2v) is 4.73. The van der Waals surface area contributed by atoms with Gasteiger partial charge >= 0.3 is 0 Å². The second-order valence-electron chi connectivity index (χ2n) is 4.73. The van der Waals surface area contributed by atoms with E-state index in [0.29, 0.717) is 18.8 Å². The molecule has 0 aliphatic carbocycles. The molecule has 104 valence electrons. The van der Waals surface area contributed by atoms with Crippen LogP contribution in [0, 0.1) is 0 Å². The molecule has 0 spiro atoms. The number of H-pyrrole nitrogens is 1. The average Bonchev–Trinajstić information content (AvgIpc) is 2.93. The predicted octanol–water partition coefficient (Wildman–Crippen LogP) is 0.328. The van der Waals surface area contributed by atoms with Gasteiger partial charge in [-0.05, 0) is 32.9 Å². The van der Waals surface area contributed by atoms with E-state index in [-0.39, 0.29) is 11.5 Å². The van der Waals surface area contributed by atoms with Crippen molar-refractivity contribution in [3.63, 3.8) is 0 Å². The van der Waals surface area contributed by atoms with Gasteiger partial charge in [-0.1, -0.05) is 0 Å². The van der Waals surface area contributed by atoms with Crippen LogP contribution in [0.1, 0.15) is 30.3 Å². The molecule has 1 fully saturated rings. The first-order valence-corrected chi connectivity index (χ1v) is 6.77. The molecule has 1 aromatic rings. The molecule has 1 N–H and O–H groups in total. The van der Waals surface area contributed by atoms with E-state index >= 15 is 0 Å². The number of carbonyl (C=O) groups is 1. The van der Waals surface area contributed by atoms with Gasteiger partial charge in [0.25, 0.3) is 11.5 Å². The van der Waals surface area contributed by atoms with Crippen molar-refractivity contribution in [1.29, 1.82) is 0 Å². The molecule has 6 heteroatoms. The Bertz CT molecular complexity index is 459. The zero-order chi connectivity index (χ0) is 13.7. The lowest BCUT2D eigenvalue weighted by molar-refractivity contribution is 0.0743. The van der Waals surface area contributed by atoms with Gasteiger partial charge in [0.1, 0.15) is 5.69 Å². The normalized spacial score (nSPS) is 15.6. The number of carbonyl (C=O) groups excluding carboxylic acids is 1. The molecule has 0 unspecified atom stereocenters. The van der Waals surface area contributed by atoms with Crippen molar-refractivity contribution in [3.8, 4) is 0 Å². The Morgan fingerprint density at radius 2 is 2.21 bits per heavy atom. The minimum atomic E-state index is -0.295. The van der Waals surface area contributed by atoms with Crippen molar-refractivity contribution in [1.82, 2.24) is 19.8 Å². The van der Waals surface area contributed by atoms with Gasteiger partial charge in [-0.15, -0.1) is 0 Å². The van der Waals surface area contributed by atoms with E-state index in [9.17, 15) is 9.59 Å². The summed E-state index contributed by atoms with van der Waals surface area (Å²) in [5.41, 5.74) is -0.000429. The Morgan fingerprint density at radius 1 is 1.47 bits per heavy atom. The molecule has 0 aromatic carbocycles. The van der Waals surface area contributed by atoms with Gasteiger partial charge in [0, 0.05) is 25.8 Å². The molecule has 0 radical (unpaired) electrons. The Morgan fingerprint density at radius 3 is 2.79 bits per heavy atom. The van der Waals surface area contributed by atoms with Crippen molar-refractivity contribution in [2.45, 2.75) is 19.8 Å². The van der Waals surface area contributed by atoms with Crippen LogP contribution in [0.25, 0.3) is 0 Å². The topological polar surface area (TPSA) is 69.3 Å². The van der Waals surface area contributed by atoms with E-state index in [0.717, 1.165) is 25.8 Å². The molecule has 2 heterocycles. The largest absolute Gasteiger partial charge is 0.336 e. The standard InChI is InChI=1S/C13H20N4O2/c1-2-17(8-7-16-5-3-4-6-16)13(19)11-9-15-12(18)10-14-11/h9-10H,2-8H2,1H3,(H,15,18). The van der Waals surface area contributed by atoms with Crippen LogP contribution in [0.3, 0.4) is 0 Å². The maximum absolute atomic E-state index is 12.2. The number of amides is 1. The highest BCUT2D eigenvalue weighted by atomic mass is 16.2. The number of likely N-dealkylation sites (tertiary alicyclic amines) is 1. The molecule has 6 nitrogen and oxygen atoms in total. The van der Waals surface area contributed by atoms with Crippen molar-refractivity contribution in [2.75, 3.05) is 32.7 Å². The quantitative estimate of drug-likeness (QED) is 0.832. The highest BCUT2D eigenvalue weighted by Gasteiger charge is 2.18. The molecule has 0 bridgehead atoms. The zero-order valence-electron chi connectivity index (χ0n) is 11.3. The summed E-state index contributed by atoms with van der Waals surface area (Å²) < 4.78 is 0. The first kappa shape index (κ1) is 13.7. The number of nitrogens with zero attached hydrogens (tertiary/aromatic N) is 3. The average molecular weight is 264 g/mol. The summed E-state index contributed by atoms with van der Waals surface area (Å²) in [5.74, 6) is -0.127. The van der Waals surface area contributed by atoms with Gasteiger partial charge in [-0.3, -0.25) is 9.59 Å². The minimum Gasteiger partial charge on any atom is -0.336 e. The van der Waals surface area contributed by atoms with E-state index in [1.165, 1.54) is 19.0 Å². The third-order valence-electron chi connectivity index (χ3n) is 3.44. The summed E-state index contributed by atoms with van der Waals surface area (Å²) in [6.07, 6.45) is 5.02. The second kappa shape index (κ2) is 6.47. The van der Waals surface area contributed by atoms with Gasteiger partial charge in [0.05, 0.1) is 6.20 Å². The van der Waals surface area contributed by atoms with Crippen molar-refractivity contribution < 1.29 is 4.79 Å². The molecule has 1 saturated heterocycles. The Balaban J connectivity index is 1.94. The van der Waals surface area contributed by atoms with Crippen LogP contribution in [-0.4, -0.2) is 58.4 Å². The molecule has 1 aliphatic heterocycles. The van der Waals surface area contributed by atoms with Crippen LogP contribution in [0.4, 0.5) is 0 Å². The smallest absolute Gasteiger partial charge is 0.274 e. The maximum Gasteiger partial charge on any atom is 0.274 e. The fourth-order valence-electron chi connectivity index (χ4n) is 2.29. The first-order chi connectivity index (χ1) is 9.20.